The van der Waals surface area contributed by atoms with Crippen molar-refractivity contribution in [1.82, 2.24) is 5.32 Å². The number of alkyl halides is 5. The van der Waals surface area contributed by atoms with Crippen LogP contribution in [0.15, 0.2) is 42.5 Å². The molecule has 2 N–H and O–H groups in total. The molecule has 6 nitrogen and oxygen atoms in total. The molecule has 11 heteroatoms. The van der Waals surface area contributed by atoms with E-state index in [1.165, 1.54) is 13.2 Å². The summed E-state index contributed by atoms with van der Waals surface area (Å²) in [6, 6.07) is 7.24. The summed E-state index contributed by atoms with van der Waals surface area (Å²) in [5, 5.41) is 4.62. The zero-order valence-electron chi connectivity index (χ0n) is 14.8. The van der Waals surface area contributed by atoms with Gasteiger partial charge in [0.1, 0.15) is 0 Å². The van der Waals surface area contributed by atoms with E-state index >= 15 is 0 Å². The first-order valence-electron chi connectivity index (χ1n) is 7.98. The van der Waals surface area contributed by atoms with E-state index < -0.39 is 36.7 Å². The molecule has 0 atom stereocenters. The lowest BCUT2D eigenvalue weighted by molar-refractivity contribution is -0.137. The van der Waals surface area contributed by atoms with Gasteiger partial charge in [0.25, 0.3) is 5.91 Å². The molecule has 0 saturated carbocycles. The fraction of sp³-hybridized carbons (Fsp3) is 0.222. The molecule has 2 amide bonds. The van der Waals surface area contributed by atoms with Crippen LogP contribution < -0.4 is 20.1 Å². The monoisotopic (exact) mass is 418 g/mol. The average Bonchev–Trinajstić information content (AvgIpc) is 2.65. The van der Waals surface area contributed by atoms with Crippen LogP contribution in [-0.2, 0) is 11.0 Å². The quantitative estimate of drug-likeness (QED) is 0.673. The summed E-state index contributed by atoms with van der Waals surface area (Å²) in [5.74, 6) is -1.75. The molecule has 0 aromatic heterocycles. The molecule has 0 heterocycles. The van der Waals surface area contributed by atoms with Crippen LogP contribution in [0.1, 0.15) is 15.9 Å². The lowest BCUT2D eigenvalue weighted by atomic mass is 10.2. The maximum Gasteiger partial charge on any atom is 0.416 e. The molecule has 0 saturated heterocycles. The van der Waals surface area contributed by atoms with Crippen molar-refractivity contribution in [3.63, 3.8) is 0 Å². The van der Waals surface area contributed by atoms with Crippen molar-refractivity contribution in [3.05, 3.63) is 53.6 Å². The Balaban J connectivity index is 1.93. The molecule has 0 aliphatic rings. The van der Waals surface area contributed by atoms with Gasteiger partial charge in [-0.25, -0.2) is 0 Å². The van der Waals surface area contributed by atoms with Crippen LogP contribution >= 0.6 is 0 Å². The fourth-order valence-electron chi connectivity index (χ4n) is 2.21. The molecule has 2 aromatic rings. The normalized spacial score (nSPS) is 11.1. The number of rotatable bonds is 7. The Morgan fingerprint density at radius 3 is 2.24 bits per heavy atom. The second-order valence-electron chi connectivity index (χ2n) is 5.55. The first kappa shape index (κ1) is 21.9. The van der Waals surface area contributed by atoms with Crippen LogP contribution in [0.4, 0.5) is 27.6 Å². The summed E-state index contributed by atoms with van der Waals surface area (Å²) in [5.41, 5.74) is -0.727. The smallest absolute Gasteiger partial charge is 0.416 e. The highest BCUT2D eigenvalue weighted by Crippen LogP contribution is 2.30. The Labute approximate surface area is 161 Å². The number of nitrogens with one attached hydrogen (secondary N) is 2. The number of halogens is 5. The molecule has 156 valence electrons. The van der Waals surface area contributed by atoms with Crippen LogP contribution in [-0.4, -0.2) is 32.1 Å². The Morgan fingerprint density at radius 1 is 1.03 bits per heavy atom. The lowest BCUT2D eigenvalue weighted by Gasteiger charge is -2.12. The minimum Gasteiger partial charge on any atom is -0.493 e. The van der Waals surface area contributed by atoms with Gasteiger partial charge in [-0.05, 0) is 42.5 Å². The minimum absolute atomic E-state index is 0.0193. The number of hydrogen-bond donors (Lipinski definition) is 2. The lowest BCUT2D eigenvalue weighted by Crippen LogP contribution is -2.32. The van der Waals surface area contributed by atoms with Crippen LogP contribution in [0.5, 0.6) is 11.5 Å². The van der Waals surface area contributed by atoms with E-state index in [0.29, 0.717) is 0 Å². The van der Waals surface area contributed by atoms with Crippen molar-refractivity contribution >= 4 is 17.5 Å². The average molecular weight is 418 g/mol. The first-order chi connectivity index (χ1) is 13.6. The molecule has 0 aliphatic carbocycles. The van der Waals surface area contributed by atoms with Crippen molar-refractivity contribution in [3.8, 4) is 11.5 Å². The van der Waals surface area contributed by atoms with Crippen molar-refractivity contribution in [1.29, 1.82) is 0 Å². The van der Waals surface area contributed by atoms with Crippen molar-refractivity contribution in [2.75, 3.05) is 19.0 Å². The Morgan fingerprint density at radius 2 is 1.69 bits per heavy atom. The fourth-order valence-corrected chi connectivity index (χ4v) is 2.21. The molecule has 2 aromatic carbocycles. The van der Waals surface area contributed by atoms with Gasteiger partial charge in [0, 0.05) is 11.3 Å². The van der Waals surface area contributed by atoms with Gasteiger partial charge in [0.15, 0.2) is 11.5 Å². The van der Waals surface area contributed by atoms with E-state index in [-0.39, 0.29) is 22.7 Å². The molecule has 0 spiro atoms. The van der Waals surface area contributed by atoms with Crippen LogP contribution in [0, 0.1) is 0 Å². The summed E-state index contributed by atoms with van der Waals surface area (Å²) in [7, 11) is 1.20. The number of benzene rings is 2. The minimum atomic E-state index is -4.49. The molecular formula is C18H15F5N2O4. The van der Waals surface area contributed by atoms with E-state index in [1.807, 2.05) is 0 Å². The molecule has 0 radical (unpaired) electrons. The zero-order chi connectivity index (χ0) is 21.6. The second-order valence-corrected chi connectivity index (χ2v) is 5.55. The molecule has 0 aliphatic heterocycles. The topological polar surface area (TPSA) is 76.7 Å². The second kappa shape index (κ2) is 9.22. The highest BCUT2D eigenvalue weighted by Gasteiger charge is 2.30. The highest BCUT2D eigenvalue weighted by atomic mass is 19.4. The predicted molar refractivity (Wildman–Crippen MR) is 92.0 cm³/mol. The third kappa shape index (κ3) is 6.33. The van der Waals surface area contributed by atoms with E-state index in [0.717, 1.165) is 36.4 Å². The van der Waals surface area contributed by atoms with E-state index in [2.05, 4.69) is 15.4 Å². The summed E-state index contributed by atoms with van der Waals surface area (Å²) in [6.07, 6.45) is -4.49. The van der Waals surface area contributed by atoms with E-state index in [1.54, 1.807) is 0 Å². The van der Waals surface area contributed by atoms with Gasteiger partial charge in [-0.1, -0.05) is 0 Å². The van der Waals surface area contributed by atoms with Gasteiger partial charge < -0.3 is 20.1 Å². The summed E-state index contributed by atoms with van der Waals surface area (Å²) >= 11 is 0. The Hall–Kier alpha value is -3.37. The summed E-state index contributed by atoms with van der Waals surface area (Å²) in [4.78, 5) is 24.0. The van der Waals surface area contributed by atoms with E-state index in [9.17, 15) is 31.5 Å². The number of hydrogen-bond acceptors (Lipinski definition) is 4. The largest absolute Gasteiger partial charge is 0.493 e. The molecule has 2 rings (SSSR count). The highest BCUT2D eigenvalue weighted by molar-refractivity contribution is 5.99. The SMILES string of the molecule is COc1cc(C(=O)NCC(=O)Nc2ccc(C(F)(F)F)cc2)ccc1OC(F)F. The molecular weight excluding hydrogens is 403 g/mol. The van der Waals surface area contributed by atoms with Gasteiger partial charge >= 0.3 is 12.8 Å². The number of amides is 2. The van der Waals surface area contributed by atoms with Crippen molar-refractivity contribution < 1.29 is 41.0 Å². The number of carbonyl (C=O) groups excluding carboxylic acids is 2. The van der Waals surface area contributed by atoms with Gasteiger partial charge in [-0.2, -0.15) is 22.0 Å². The standard InChI is InChI=1S/C18H15F5N2O4/c1-28-14-8-10(2-7-13(14)29-17(19)20)16(27)24-9-15(26)25-12-5-3-11(4-6-12)18(21,22)23/h2-8,17H,9H2,1H3,(H,24,27)(H,25,26). The summed E-state index contributed by atoms with van der Waals surface area (Å²) in [6.45, 7) is -3.55. The maximum absolute atomic E-state index is 12.5. The van der Waals surface area contributed by atoms with Gasteiger partial charge in [-0.3, -0.25) is 9.59 Å². The maximum atomic E-state index is 12.5. The third-order valence-electron chi connectivity index (χ3n) is 3.55. The number of ether oxygens (including phenoxy) is 2. The summed E-state index contributed by atoms with van der Waals surface area (Å²) < 4.78 is 71.2. The number of anilines is 1. The Kier molecular flexibility index (Phi) is 6.97. The van der Waals surface area contributed by atoms with Crippen LogP contribution in [0.2, 0.25) is 0 Å². The molecule has 0 unspecified atom stereocenters. The number of methoxy groups -OCH3 is 1. The zero-order valence-corrected chi connectivity index (χ0v) is 14.8. The molecule has 0 bridgehead atoms. The number of carbonyl (C=O) groups is 2. The van der Waals surface area contributed by atoms with Crippen molar-refractivity contribution in [2.24, 2.45) is 0 Å². The predicted octanol–water partition coefficient (Wildman–Crippen LogP) is 3.68. The van der Waals surface area contributed by atoms with Gasteiger partial charge in [-0.15, -0.1) is 0 Å². The molecule has 0 fully saturated rings. The van der Waals surface area contributed by atoms with E-state index in [4.69, 9.17) is 4.74 Å². The Bertz CT molecular complexity index is 870. The van der Waals surface area contributed by atoms with Gasteiger partial charge in [0.05, 0.1) is 19.2 Å². The van der Waals surface area contributed by atoms with Gasteiger partial charge in [0.2, 0.25) is 5.91 Å². The first-order valence-corrected chi connectivity index (χ1v) is 7.98. The van der Waals surface area contributed by atoms with Crippen LogP contribution in [0.3, 0.4) is 0 Å². The van der Waals surface area contributed by atoms with Crippen molar-refractivity contribution in [2.45, 2.75) is 12.8 Å². The molecule has 29 heavy (non-hydrogen) atoms. The third-order valence-corrected chi connectivity index (χ3v) is 3.55. The van der Waals surface area contributed by atoms with Crippen LogP contribution in [0.25, 0.3) is 0 Å².